The lowest BCUT2D eigenvalue weighted by Crippen LogP contribution is -2.37. The SMILES string of the molecule is c1ccc(CN2CCC(n3ncc4c(N5CCOCC5)nc(-c5cccnc5)nc43)CC2)cc1. The maximum atomic E-state index is 5.58. The van der Waals surface area contributed by atoms with Crippen molar-refractivity contribution < 1.29 is 4.74 Å². The van der Waals surface area contributed by atoms with Gasteiger partial charge in [-0.05, 0) is 30.5 Å². The molecule has 0 bridgehead atoms. The van der Waals surface area contributed by atoms with Crippen LogP contribution in [0.1, 0.15) is 24.4 Å². The topological polar surface area (TPSA) is 72.2 Å². The molecule has 0 spiro atoms. The molecule has 8 heteroatoms. The lowest BCUT2D eigenvalue weighted by molar-refractivity contribution is 0.122. The lowest BCUT2D eigenvalue weighted by Gasteiger charge is -2.32. The van der Waals surface area contributed by atoms with E-state index in [-0.39, 0.29) is 0 Å². The fourth-order valence-electron chi connectivity index (χ4n) is 4.98. The Hall–Kier alpha value is -3.36. The van der Waals surface area contributed by atoms with Crippen LogP contribution in [0.5, 0.6) is 0 Å². The van der Waals surface area contributed by atoms with Crippen LogP contribution in [0.3, 0.4) is 0 Å². The zero-order valence-electron chi connectivity index (χ0n) is 19.3. The predicted molar refractivity (Wildman–Crippen MR) is 132 cm³/mol. The van der Waals surface area contributed by atoms with Gasteiger partial charge in [0.05, 0.1) is 30.8 Å². The minimum Gasteiger partial charge on any atom is -0.378 e. The second-order valence-corrected chi connectivity index (χ2v) is 9.03. The molecule has 5 heterocycles. The number of rotatable bonds is 5. The number of aromatic nitrogens is 5. The molecule has 1 aromatic carbocycles. The Balaban J connectivity index is 1.30. The van der Waals surface area contributed by atoms with E-state index in [1.165, 1.54) is 5.56 Å². The molecular weight excluding hydrogens is 426 g/mol. The van der Waals surface area contributed by atoms with Crippen LogP contribution in [-0.4, -0.2) is 69.0 Å². The molecule has 0 unspecified atom stereocenters. The molecule has 6 rings (SSSR count). The fourth-order valence-corrected chi connectivity index (χ4v) is 4.98. The molecule has 3 aromatic heterocycles. The van der Waals surface area contributed by atoms with Crippen molar-refractivity contribution in [3.05, 3.63) is 66.6 Å². The lowest BCUT2D eigenvalue weighted by atomic mass is 10.0. The van der Waals surface area contributed by atoms with Crippen molar-refractivity contribution in [1.29, 1.82) is 0 Å². The first kappa shape index (κ1) is 21.2. The summed E-state index contributed by atoms with van der Waals surface area (Å²) in [7, 11) is 0. The summed E-state index contributed by atoms with van der Waals surface area (Å²) in [5.74, 6) is 1.64. The summed E-state index contributed by atoms with van der Waals surface area (Å²) in [5, 5.41) is 5.86. The monoisotopic (exact) mass is 455 g/mol. The maximum Gasteiger partial charge on any atom is 0.165 e. The first-order valence-electron chi connectivity index (χ1n) is 12.1. The van der Waals surface area contributed by atoms with Gasteiger partial charge in [-0.25, -0.2) is 14.6 Å². The molecule has 0 atom stereocenters. The van der Waals surface area contributed by atoms with E-state index >= 15 is 0 Å². The molecule has 0 radical (unpaired) electrons. The van der Waals surface area contributed by atoms with Crippen LogP contribution in [0.2, 0.25) is 0 Å². The highest BCUT2D eigenvalue weighted by atomic mass is 16.5. The van der Waals surface area contributed by atoms with Crippen LogP contribution in [0.15, 0.2) is 61.1 Å². The van der Waals surface area contributed by atoms with Crippen molar-refractivity contribution >= 4 is 16.9 Å². The number of piperidine rings is 1. The van der Waals surface area contributed by atoms with Crippen molar-refractivity contribution in [2.45, 2.75) is 25.4 Å². The van der Waals surface area contributed by atoms with Gasteiger partial charge in [0.15, 0.2) is 11.5 Å². The summed E-state index contributed by atoms with van der Waals surface area (Å²) in [4.78, 5) is 19.1. The third-order valence-electron chi connectivity index (χ3n) is 6.82. The Morgan fingerprint density at radius 1 is 0.882 bits per heavy atom. The fraction of sp³-hybridized carbons (Fsp3) is 0.385. The van der Waals surface area contributed by atoms with Crippen LogP contribution in [0, 0.1) is 0 Å². The van der Waals surface area contributed by atoms with Gasteiger partial charge in [0.1, 0.15) is 5.82 Å². The molecule has 8 nitrogen and oxygen atoms in total. The van der Waals surface area contributed by atoms with Crippen LogP contribution in [-0.2, 0) is 11.3 Å². The molecule has 34 heavy (non-hydrogen) atoms. The summed E-state index contributed by atoms with van der Waals surface area (Å²) in [6.07, 6.45) is 7.67. The minimum absolute atomic E-state index is 0.332. The third kappa shape index (κ3) is 4.26. The Labute approximate surface area is 199 Å². The van der Waals surface area contributed by atoms with Gasteiger partial charge in [0.25, 0.3) is 0 Å². The summed E-state index contributed by atoms with van der Waals surface area (Å²) >= 11 is 0. The van der Waals surface area contributed by atoms with Gasteiger partial charge in [-0.2, -0.15) is 5.10 Å². The van der Waals surface area contributed by atoms with Gasteiger partial charge in [0, 0.05) is 50.7 Å². The molecule has 2 aliphatic heterocycles. The highest BCUT2D eigenvalue weighted by Gasteiger charge is 2.26. The van der Waals surface area contributed by atoms with Gasteiger partial charge in [-0.3, -0.25) is 9.88 Å². The van der Waals surface area contributed by atoms with E-state index in [4.69, 9.17) is 19.8 Å². The standard InChI is InChI=1S/C26H29N7O/c1-2-5-20(6-3-1)19-31-11-8-22(9-12-31)33-26-23(18-28-33)25(32-13-15-34-16-14-32)29-24(30-26)21-7-4-10-27-17-21/h1-7,10,17-18,22H,8-9,11-16,19H2. The van der Waals surface area contributed by atoms with E-state index in [0.29, 0.717) is 25.1 Å². The highest BCUT2D eigenvalue weighted by molar-refractivity contribution is 5.88. The quantitative estimate of drug-likeness (QED) is 0.456. The molecule has 0 saturated carbocycles. The van der Waals surface area contributed by atoms with E-state index in [0.717, 1.165) is 68.0 Å². The molecular formula is C26H29N7O. The number of hydrogen-bond acceptors (Lipinski definition) is 7. The first-order valence-corrected chi connectivity index (χ1v) is 12.1. The Bertz CT molecular complexity index is 1230. The molecule has 2 fully saturated rings. The number of nitrogens with zero attached hydrogens (tertiary/aromatic N) is 7. The van der Waals surface area contributed by atoms with Crippen LogP contribution < -0.4 is 4.90 Å². The van der Waals surface area contributed by atoms with Crippen LogP contribution in [0.4, 0.5) is 5.82 Å². The summed E-state index contributed by atoms with van der Waals surface area (Å²) < 4.78 is 7.72. The van der Waals surface area contributed by atoms with Crippen molar-refractivity contribution in [2.24, 2.45) is 0 Å². The van der Waals surface area contributed by atoms with Crippen molar-refractivity contribution in [3.8, 4) is 11.4 Å². The zero-order chi connectivity index (χ0) is 22.7. The van der Waals surface area contributed by atoms with E-state index in [2.05, 4.69) is 49.8 Å². The van der Waals surface area contributed by atoms with Crippen LogP contribution in [0.25, 0.3) is 22.4 Å². The Kier molecular flexibility index (Phi) is 5.91. The molecule has 2 saturated heterocycles. The predicted octanol–water partition coefficient (Wildman–Crippen LogP) is 3.56. The number of pyridine rings is 1. The van der Waals surface area contributed by atoms with Gasteiger partial charge >= 0.3 is 0 Å². The average Bonchev–Trinajstić information content (AvgIpc) is 3.34. The second-order valence-electron chi connectivity index (χ2n) is 9.03. The first-order chi connectivity index (χ1) is 16.8. The Morgan fingerprint density at radius 2 is 1.71 bits per heavy atom. The van der Waals surface area contributed by atoms with E-state index in [1.807, 2.05) is 24.5 Å². The number of ether oxygens (including phenoxy) is 1. The normalized spacial score (nSPS) is 17.9. The van der Waals surface area contributed by atoms with Crippen molar-refractivity contribution in [2.75, 3.05) is 44.3 Å². The molecule has 4 aromatic rings. The number of hydrogen-bond donors (Lipinski definition) is 0. The molecule has 2 aliphatic rings. The number of likely N-dealkylation sites (tertiary alicyclic amines) is 1. The number of morpholine rings is 1. The number of fused-ring (bicyclic) bond motifs is 1. The van der Waals surface area contributed by atoms with Crippen molar-refractivity contribution in [1.82, 2.24) is 29.6 Å². The summed E-state index contributed by atoms with van der Waals surface area (Å²) in [6, 6.07) is 15.0. The maximum absolute atomic E-state index is 5.58. The largest absolute Gasteiger partial charge is 0.378 e. The van der Waals surface area contributed by atoms with Gasteiger partial charge in [-0.1, -0.05) is 30.3 Å². The molecule has 174 valence electrons. The van der Waals surface area contributed by atoms with Gasteiger partial charge in [0.2, 0.25) is 0 Å². The molecule has 0 amide bonds. The number of benzene rings is 1. The molecule has 0 aliphatic carbocycles. The van der Waals surface area contributed by atoms with E-state index in [9.17, 15) is 0 Å². The van der Waals surface area contributed by atoms with Crippen LogP contribution >= 0.6 is 0 Å². The Morgan fingerprint density at radius 3 is 2.47 bits per heavy atom. The number of anilines is 1. The smallest absolute Gasteiger partial charge is 0.165 e. The minimum atomic E-state index is 0.332. The highest BCUT2D eigenvalue weighted by Crippen LogP contribution is 2.32. The van der Waals surface area contributed by atoms with E-state index < -0.39 is 0 Å². The zero-order valence-corrected chi connectivity index (χ0v) is 19.3. The molecule has 0 N–H and O–H groups in total. The second kappa shape index (κ2) is 9.48. The van der Waals surface area contributed by atoms with Gasteiger partial charge in [-0.15, -0.1) is 0 Å². The van der Waals surface area contributed by atoms with Crippen molar-refractivity contribution in [3.63, 3.8) is 0 Å². The average molecular weight is 456 g/mol. The summed E-state index contributed by atoms with van der Waals surface area (Å²) in [6.45, 7) is 6.17. The third-order valence-corrected chi connectivity index (χ3v) is 6.82. The summed E-state index contributed by atoms with van der Waals surface area (Å²) in [5.41, 5.74) is 3.20. The van der Waals surface area contributed by atoms with E-state index in [1.54, 1.807) is 6.20 Å². The van der Waals surface area contributed by atoms with Gasteiger partial charge < -0.3 is 9.64 Å².